The van der Waals surface area contributed by atoms with Crippen LogP contribution in [0.4, 0.5) is 0 Å². The van der Waals surface area contributed by atoms with Crippen molar-refractivity contribution in [3.63, 3.8) is 0 Å². The van der Waals surface area contributed by atoms with Gasteiger partial charge >= 0.3 is 11.9 Å². The molecule has 2 rings (SSSR count). The van der Waals surface area contributed by atoms with E-state index in [4.69, 9.17) is 4.74 Å². The molecule has 0 radical (unpaired) electrons. The van der Waals surface area contributed by atoms with Gasteiger partial charge in [0.25, 0.3) is 0 Å². The number of nitrogens with zero attached hydrogens (tertiary/aromatic N) is 1. The van der Waals surface area contributed by atoms with Crippen LogP contribution in [0.3, 0.4) is 0 Å². The highest BCUT2D eigenvalue weighted by Gasteiger charge is 2.46. The first kappa shape index (κ1) is 13.3. The monoisotopic (exact) mass is 277 g/mol. The molecule has 0 saturated carbocycles. The third-order valence-electron chi connectivity index (χ3n) is 3.05. The van der Waals surface area contributed by atoms with Crippen molar-refractivity contribution in [2.45, 2.75) is 19.1 Å². The highest BCUT2D eigenvalue weighted by atomic mass is 32.2. The van der Waals surface area contributed by atoms with Crippen molar-refractivity contribution in [1.82, 2.24) is 4.90 Å². The topological polar surface area (TPSA) is 90.0 Å². The van der Waals surface area contributed by atoms with E-state index in [1.807, 2.05) is 0 Å². The average Bonchev–Trinajstić information content (AvgIpc) is 2.61. The normalized spacial score (nSPS) is 29.7. The van der Waals surface area contributed by atoms with Gasteiger partial charge in [0.1, 0.15) is 0 Å². The number of rotatable bonds is 1. The molecule has 2 saturated heterocycles. The van der Waals surface area contributed by atoms with Crippen LogP contribution in [0.2, 0.25) is 0 Å². The summed E-state index contributed by atoms with van der Waals surface area (Å²) in [6.07, 6.45) is -0.526. The van der Waals surface area contributed by atoms with Crippen LogP contribution in [-0.4, -0.2) is 68.6 Å². The maximum atomic E-state index is 11.8. The van der Waals surface area contributed by atoms with E-state index < -0.39 is 33.9 Å². The highest BCUT2D eigenvalue weighted by Crippen LogP contribution is 2.24. The van der Waals surface area contributed by atoms with Gasteiger partial charge in [-0.3, -0.25) is 4.79 Å². The number of fused-ring (bicyclic) bond motifs is 1. The van der Waals surface area contributed by atoms with Crippen LogP contribution in [0, 0.1) is 0 Å². The lowest BCUT2D eigenvalue weighted by molar-refractivity contribution is -0.165. The second kappa shape index (κ2) is 4.85. The SMILES string of the molecule is CCOC(=O)C(=O)N1CCOC2CS(=O)(=O)CC21. The van der Waals surface area contributed by atoms with E-state index in [1.54, 1.807) is 6.92 Å². The summed E-state index contributed by atoms with van der Waals surface area (Å²) < 4.78 is 33.0. The first-order valence-corrected chi connectivity index (χ1v) is 7.56. The summed E-state index contributed by atoms with van der Waals surface area (Å²) in [7, 11) is -3.20. The molecule has 18 heavy (non-hydrogen) atoms. The lowest BCUT2D eigenvalue weighted by atomic mass is 10.1. The molecule has 0 aliphatic carbocycles. The number of sulfone groups is 1. The summed E-state index contributed by atoms with van der Waals surface area (Å²) in [6, 6.07) is -0.569. The zero-order valence-corrected chi connectivity index (χ0v) is 10.8. The lowest BCUT2D eigenvalue weighted by Gasteiger charge is -2.35. The minimum atomic E-state index is -3.20. The fourth-order valence-corrected chi connectivity index (χ4v) is 4.15. The van der Waals surface area contributed by atoms with Crippen LogP contribution in [0.5, 0.6) is 0 Å². The maximum Gasteiger partial charge on any atom is 0.397 e. The zero-order valence-electron chi connectivity index (χ0n) is 10.00. The third kappa shape index (κ3) is 2.49. The Bertz CT molecular complexity index is 459. The summed E-state index contributed by atoms with van der Waals surface area (Å²) in [6.45, 7) is 2.17. The minimum Gasteiger partial charge on any atom is -0.459 e. The second-order valence-electron chi connectivity index (χ2n) is 4.27. The van der Waals surface area contributed by atoms with Gasteiger partial charge in [0.2, 0.25) is 0 Å². The number of ether oxygens (including phenoxy) is 2. The number of carbonyl (C=O) groups is 2. The van der Waals surface area contributed by atoms with Crippen LogP contribution in [0.1, 0.15) is 6.92 Å². The smallest absolute Gasteiger partial charge is 0.397 e. The predicted octanol–water partition coefficient (Wildman–Crippen LogP) is -1.43. The van der Waals surface area contributed by atoms with Crippen molar-refractivity contribution in [3.8, 4) is 0 Å². The number of hydrogen-bond acceptors (Lipinski definition) is 6. The van der Waals surface area contributed by atoms with E-state index in [2.05, 4.69) is 4.74 Å². The molecule has 2 unspecified atom stereocenters. The molecule has 8 heteroatoms. The van der Waals surface area contributed by atoms with E-state index in [1.165, 1.54) is 4.90 Å². The van der Waals surface area contributed by atoms with Gasteiger partial charge in [0.05, 0.1) is 36.9 Å². The van der Waals surface area contributed by atoms with Crippen LogP contribution in [-0.2, 0) is 28.9 Å². The fraction of sp³-hybridized carbons (Fsp3) is 0.800. The molecule has 2 fully saturated rings. The van der Waals surface area contributed by atoms with Crippen molar-refractivity contribution >= 4 is 21.7 Å². The molecule has 2 aliphatic heterocycles. The molecule has 1 amide bonds. The Morgan fingerprint density at radius 1 is 1.39 bits per heavy atom. The van der Waals surface area contributed by atoms with Gasteiger partial charge in [-0.05, 0) is 6.92 Å². The molecule has 2 aliphatic rings. The molecule has 2 heterocycles. The summed E-state index contributed by atoms with van der Waals surface area (Å²) in [5.41, 5.74) is 0. The predicted molar refractivity (Wildman–Crippen MR) is 60.5 cm³/mol. The molecule has 0 bridgehead atoms. The van der Waals surface area contributed by atoms with E-state index >= 15 is 0 Å². The quantitative estimate of drug-likeness (QED) is 0.431. The van der Waals surface area contributed by atoms with Gasteiger partial charge in [0.15, 0.2) is 9.84 Å². The Balaban J connectivity index is 2.13. The van der Waals surface area contributed by atoms with Crippen molar-refractivity contribution in [1.29, 1.82) is 0 Å². The number of esters is 1. The number of carbonyl (C=O) groups excluding carboxylic acids is 2. The standard InChI is InChI=1S/C10H15NO6S/c1-2-16-10(13)9(12)11-3-4-17-8-6-18(14,15)5-7(8)11/h7-8H,2-6H2,1H3. The van der Waals surface area contributed by atoms with Crippen LogP contribution >= 0.6 is 0 Å². The van der Waals surface area contributed by atoms with Crippen molar-refractivity contribution in [2.75, 3.05) is 31.3 Å². The molecular formula is C10H15NO6S. The van der Waals surface area contributed by atoms with E-state index in [-0.39, 0.29) is 31.3 Å². The highest BCUT2D eigenvalue weighted by molar-refractivity contribution is 7.91. The number of amides is 1. The van der Waals surface area contributed by atoms with Crippen molar-refractivity contribution in [3.05, 3.63) is 0 Å². The van der Waals surface area contributed by atoms with Gasteiger partial charge in [-0.15, -0.1) is 0 Å². The van der Waals surface area contributed by atoms with Gasteiger partial charge in [-0.1, -0.05) is 0 Å². The van der Waals surface area contributed by atoms with Crippen LogP contribution < -0.4 is 0 Å². The number of morpholine rings is 1. The van der Waals surface area contributed by atoms with E-state index in [0.717, 1.165) is 0 Å². The average molecular weight is 277 g/mol. The summed E-state index contributed by atoms with van der Waals surface area (Å²) >= 11 is 0. The lowest BCUT2D eigenvalue weighted by Crippen LogP contribution is -2.55. The Morgan fingerprint density at radius 2 is 2.11 bits per heavy atom. The van der Waals surface area contributed by atoms with Crippen molar-refractivity contribution < 1.29 is 27.5 Å². The van der Waals surface area contributed by atoms with Gasteiger partial charge in [-0.2, -0.15) is 0 Å². The van der Waals surface area contributed by atoms with Gasteiger partial charge < -0.3 is 14.4 Å². The molecule has 7 nitrogen and oxygen atoms in total. The Morgan fingerprint density at radius 3 is 2.78 bits per heavy atom. The summed E-state index contributed by atoms with van der Waals surface area (Å²) in [4.78, 5) is 24.5. The second-order valence-corrected chi connectivity index (χ2v) is 6.43. The molecule has 0 N–H and O–H groups in total. The Kier molecular flexibility index (Phi) is 3.58. The zero-order chi connectivity index (χ0) is 13.3. The Hall–Kier alpha value is -1.15. The van der Waals surface area contributed by atoms with Crippen molar-refractivity contribution in [2.24, 2.45) is 0 Å². The summed E-state index contributed by atoms with van der Waals surface area (Å²) in [5, 5.41) is 0. The largest absolute Gasteiger partial charge is 0.459 e. The Labute approximate surface area is 105 Å². The van der Waals surface area contributed by atoms with Crippen LogP contribution in [0.15, 0.2) is 0 Å². The molecule has 2 atom stereocenters. The first-order valence-electron chi connectivity index (χ1n) is 5.74. The minimum absolute atomic E-state index is 0.0930. The number of hydrogen-bond donors (Lipinski definition) is 0. The molecule has 0 aromatic rings. The molecule has 0 spiro atoms. The fourth-order valence-electron chi connectivity index (χ4n) is 2.28. The molecule has 0 aromatic heterocycles. The first-order chi connectivity index (χ1) is 8.44. The van der Waals surface area contributed by atoms with Gasteiger partial charge in [0, 0.05) is 6.54 Å². The molecular weight excluding hydrogens is 262 g/mol. The molecule has 102 valence electrons. The van der Waals surface area contributed by atoms with Crippen LogP contribution in [0.25, 0.3) is 0 Å². The third-order valence-corrected chi connectivity index (χ3v) is 4.73. The molecule has 0 aromatic carbocycles. The van der Waals surface area contributed by atoms with E-state index in [9.17, 15) is 18.0 Å². The summed E-state index contributed by atoms with van der Waals surface area (Å²) in [5.74, 6) is -1.97. The van der Waals surface area contributed by atoms with Gasteiger partial charge in [-0.25, -0.2) is 13.2 Å². The van der Waals surface area contributed by atoms with E-state index in [0.29, 0.717) is 0 Å². The maximum absolute atomic E-state index is 11.8.